The molecule has 0 N–H and O–H groups in total. The van der Waals surface area contributed by atoms with Crippen molar-refractivity contribution < 1.29 is 28.6 Å². The number of allylic oxidation sites excluding steroid dienone is 12. The highest BCUT2D eigenvalue weighted by molar-refractivity contribution is 5.71. The van der Waals surface area contributed by atoms with Crippen LogP contribution in [0.3, 0.4) is 0 Å². The number of ether oxygens (including phenoxy) is 3. The van der Waals surface area contributed by atoms with Gasteiger partial charge in [-0.2, -0.15) is 0 Å². The normalized spacial score (nSPS) is 12.5. The lowest BCUT2D eigenvalue weighted by Gasteiger charge is -2.18. The first-order valence-electron chi connectivity index (χ1n) is 32.4. The molecule has 0 heterocycles. The first kappa shape index (κ1) is 71.8. The number of esters is 3. The van der Waals surface area contributed by atoms with E-state index in [1.807, 2.05) is 0 Å². The lowest BCUT2D eigenvalue weighted by molar-refractivity contribution is -0.167. The minimum atomic E-state index is -0.788. The molecule has 434 valence electrons. The summed E-state index contributed by atoms with van der Waals surface area (Å²) in [5, 5.41) is 0. The summed E-state index contributed by atoms with van der Waals surface area (Å²) in [7, 11) is 0. The number of hydrogen-bond donors (Lipinski definition) is 0. The van der Waals surface area contributed by atoms with Gasteiger partial charge in [0.1, 0.15) is 13.2 Å². The molecule has 6 nitrogen and oxygen atoms in total. The number of hydrogen-bond acceptors (Lipinski definition) is 6. The molecule has 0 aliphatic carbocycles. The molecular weight excluding hydrogens is 925 g/mol. The summed E-state index contributed by atoms with van der Waals surface area (Å²) in [5.74, 6) is -0.894. The highest BCUT2D eigenvalue weighted by atomic mass is 16.6. The predicted molar refractivity (Wildman–Crippen MR) is 325 cm³/mol. The molecule has 6 heteroatoms. The van der Waals surface area contributed by atoms with Crippen molar-refractivity contribution in [1.29, 1.82) is 0 Å². The van der Waals surface area contributed by atoms with Crippen LogP contribution in [0.4, 0.5) is 0 Å². The molecule has 0 aromatic carbocycles. The van der Waals surface area contributed by atoms with Crippen LogP contribution in [-0.4, -0.2) is 37.2 Å². The van der Waals surface area contributed by atoms with E-state index in [-0.39, 0.29) is 31.1 Å². The highest BCUT2D eigenvalue weighted by Gasteiger charge is 2.19. The van der Waals surface area contributed by atoms with Crippen molar-refractivity contribution in [3.63, 3.8) is 0 Å². The fourth-order valence-corrected chi connectivity index (χ4v) is 9.31. The molecule has 0 saturated heterocycles. The fraction of sp³-hybridized carbons (Fsp3) is 0.783. The topological polar surface area (TPSA) is 78.9 Å². The number of unbranched alkanes of at least 4 members (excludes halogenated alkanes) is 36. The van der Waals surface area contributed by atoms with Crippen molar-refractivity contribution in [2.45, 2.75) is 335 Å². The van der Waals surface area contributed by atoms with E-state index in [0.29, 0.717) is 19.3 Å². The van der Waals surface area contributed by atoms with Gasteiger partial charge < -0.3 is 14.2 Å². The van der Waals surface area contributed by atoms with Crippen molar-refractivity contribution in [3.8, 4) is 0 Å². The molecule has 0 amide bonds. The summed E-state index contributed by atoms with van der Waals surface area (Å²) in [6.45, 7) is 6.54. The highest BCUT2D eigenvalue weighted by Crippen LogP contribution is 2.16. The van der Waals surface area contributed by atoms with Gasteiger partial charge >= 0.3 is 17.9 Å². The fourth-order valence-electron chi connectivity index (χ4n) is 9.31. The van der Waals surface area contributed by atoms with E-state index in [2.05, 4.69) is 93.7 Å². The third-order valence-electron chi connectivity index (χ3n) is 14.2. The van der Waals surface area contributed by atoms with Gasteiger partial charge in [0.05, 0.1) is 0 Å². The van der Waals surface area contributed by atoms with E-state index < -0.39 is 6.10 Å². The Balaban J connectivity index is 4.39. The summed E-state index contributed by atoms with van der Waals surface area (Å²) < 4.78 is 16.9. The van der Waals surface area contributed by atoms with Gasteiger partial charge in [-0.25, -0.2) is 0 Å². The first-order valence-corrected chi connectivity index (χ1v) is 32.4. The molecule has 0 aromatic rings. The molecule has 75 heavy (non-hydrogen) atoms. The third-order valence-corrected chi connectivity index (χ3v) is 14.2. The van der Waals surface area contributed by atoms with E-state index in [1.165, 1.54) is 193 Å². The van der Waals surface area contributed by atoms with Gasteiger partial charge in [-0.15, -0.1) is 0 Å². The predicted octanol–water partition coefficient (Wildman–Crippen LogP) is 22.1. The van der Waals surface area contributed by atoms with E-state index >= 15 is 0 Å². The van der Waals surface area contributed by atoms with Crippen molar-refractivity contribution in [2.75, 3.05) is 13.2 Å². The van der Waals surface area contributed by atoms with Gasteiger partial charge in [-0.05, 0) is 109 Å². The van der Waals surface area contributed by atoms with Crippen LogP contribution in [0.15, 0.2) is 72.9 Å². The van der Waals surface area contributed by atoms with Crippen LogP contribution < -0.4 is 0 Å². The quantitative estimate of drug-likeness (QED) is 0.0261. The largest absolute Gasteiger partial charge is 0.462 e. The number of rotatable bonds is 59. The smallest absolute Gasteiger partial charge is 0.306 e. The van der Waals surface area contributed by atoms with E-state index in [1.54, 1.807) is 0 Å². The molecule has 0 radical (unpaired) electrons. The Morgan fingerprint density at radius 1 is 0.280 bits per heavy atom. The van der Waals surface area contributed by atoms with E-state index in [0.717, 1.165) is 96.3 Å². The van der Waals surface area contributed by atoms with Crippen LogP contribution in [0.5, 0.6) is 0 Å². The van der Waals surface area contributed by atoms with Gasteiger partial charge in [0, 0.05) is 19.3 Å². The second kappa shape index (κ2) is 63.4. The van der Waals surface area contributed by atoms with Gasteiger partial charge in [0.2, 0.25) is 0 Å². The van der Waals surface area contributed by atoms with Crippen LogP contribution in [-0.2, 0) is 28.6 Å². The van der Waals surface area contributed by atoms with Crippen molar-refractivity contribution in [1.82, 2.24) is 0 Å². The molecule has 0 aliphatic heterocycles. The van der Waals surface area contributed by atoms with E-state index in [4.69, 9.17) is 14.2 Å². The summed E-state index contributed by atoms with van der Waals surface area (Å²) in [6.07, 6.45) is 81.9. The Morgan fingerprint density at radius 3 is 0.827 bits per heavy atom. The molecular formula is C69H122O6. The minimum Gasteiger partial charge on any atom is -0.462 e. The second-order valence-electron chi connectivity index (χ2n) is 21.6. The van der Waals surface area contributed by atoms with Crippen LogP contribution in [0.2, 0.25) is 0 Å². The van der Waals surface area contributed by atoms with Gasteiger partial charge in [0.25, 0.3) is 0 Å². The van der Waals surface area contributed by atoms with Gasteiger partial charge in [-0.3, -0.25) is 14.4 Å². The molecule has 0 unspecified atom stereocenters. The van der Waals surface area contributed by atoms with Crippen molar-refractivity contribution in [2.24, 2.45) is 0 Å². The first-order chi connectivity index (χ1) is 37.0. The van der Waals surface area contributed by atoms with Gasteiger partial charge in [-0.1, -0.05) is 273 Å². The Kier molecular flexibility index (Phi) is 60.7. The third kappa shape index (κ3) is 61.6. The second-order valence-corrected chi connectivity index (χ2v) is 21.6. The molecule has 0 fully saturated rings. The summed E-state index contributed by atoms with van der Waals surface area (Å²) in [4.78, 5) is 38.4. The Morgan fingerprint density at radius 2 is 0.520 bits per heavy atom. The molecule has 0 saturated carbocycles. The molecule has 0 aromatic heterocycles. The Bertz CT molecular complexity index is 1390. The van der Waals surface area contributed by atoms with Crippen LogP contribution in [0.1, 0.15) is 329 Å². The van der Waals surface area contributed by atoms with E-state index in [9.17, 15) is 14.4 Å². The molecule has 0 aliphatic rings. The molecule has 0 bridgehead atoms. The summed E-state index contributed by atoms with van der Waals surface area (Å²) >= 11 is 0. The van der Waals surface area contributed by atoms with Crippen LogP contribution in [0, 0.1) is 0 Å². The van der Waals surface area contributed by atoms with Crippen molar-refractivity contribution in [3.05, 3.63) is 72.9 Å². The molecule has 0 rings (SSSR count). The molecule has 0 spiro atoms. The zero-order valence-electron chi connectivity index (χ0n) is 49.8. The standard InChI is InChI=1S/C69H122O6/c1-4-7-10-13-16-19-22-25-28-31-33-34-36-39-42-45-48-51-54-57-60-63-69(72)75-66(64-73-67(70)61-58-55-52-49-46-43-40-37-30-27-24-21-18-15-12-9-6-3)65-74-68(71)62-59-56-53-50-47-44-41-38-35-32-29-26-23-20-17-14-11-8-5-2/h9,12,18,21,25-30,40,43,66H,4-8,10-11,13-17,19-20,22-24,31-39,41-42,44-65H2,1-3H3/b12-9-,21-18-,28-25-,29-26-,30-27-,43-40-/t66-/m1/s1. The maximum absolute atomic E-state index is 12.9. The summed E-state index contributed by atoms with van der Waals surface area (Å²) in [6, 6.07) is 0. The van der Waals surface area contributed by atoms with Crippen molar-refractivity contribution >= 4 is 17.9 Å². The van der Waals surface area contributed by atoms with Crippen LogP contribution >= 0.6 is 0 Å². The number of carbonyl (C=O) groups excluding carboxylic acids is 3. The SMILES string of the molecule is CC/C=C\C/C=C\C/C=C\C/C=C\CCCCCCC(=O)OC[C@H](COC(=O)CCCCCCCCCCC/C=C\CCCCCCCC)OC(=O)CCCCCCCCCCCCC/C=C\CCCCCCCC. The average Bonchev–Trinajstić information content (AvgIpc) is 3.41. The maximum Gasteiger partial charge on any atom is 0.306 e. The Labute approximate surface area is 465 Å². The number of carbonyl (C=O) groups is 3. The zero-order chi connectivity index (χ0) is 54.3. The lowest BCUT2D eigenvalue weighted by Crippen LogP contribution is -2.30. The summed E-state index contributed by atoms with van der Waals surface area (Å²) in [5.41, 5.74) is 0. The van der Waals surface area contributed by atoms with Gasteiger partial charge in [0.15, 0.2) is 6.10 Å². The maximum atomic E-state index is 12.9. The average molecular weight is 1050 g/mol. The lowest BCUT2D eigenvalue weighted by atomic mass is 10.0. The molecule has 1 atom stereocenters. The minimum absolute atomic E-state index is 0.0829. The Hall–Kier alpha value is -3.15. The zero-order valence-corrected chi connectivity index (χ0v) is 49.8. The monoisotopic (exact) mass is 1050 g/mol. The van der Waals surface area contributed by atoms with Crippen LogP contribution in [0.25, 0.3) is 0 Å².